The molecule has 0 aliphatic carbocycles. The van der Waals surface area contributed by atoms with E-state index >= 15 is 0 Å². The van der Waals surface area contributed by atoms with Gasteiger partial charge in [0, 0.05) is 17.7 Å². The van der Waals surface area contributed by atoms with Crippen molar-refractivity contribution < 1.29 is 10.0 Å². The molecule has 0 aliphatic rings. The molecule has 1 rings (SSSR count). The predicted molar refractivity (Wildman–Crippen MR) is 45.4 cm³/mol. The van der Waals surface area contributed by atoms with Gasteiger partial charge in [0.25, 0.3) is 5.69 Å². The third-order valence-electron chi connectivity index (χ3n) is 1.55. The van der Waals surface area contributed by atoms with E-state index in [0.717, 1.165) is 0 Å². The van der Waals surface area contributed by atoms with E-state index in [1.54, 1.807) is 0 Å². The van der Waals surface area contributed by atoms with Crippen molar-refractivity contribution in [3.63, 3.8) is 0 Å². The van der Waals surface area contributed by atoms with E-state index in [-0.39, 0.29) is 5.69 Å². The number of non-ortho nitro benzene ring substituents is 1. The second-order valence-corrected chi connectivity index (χ2v) is 2.42. The van der Waals surface area contributed by atoms with Gasteiger partial charge in [0.05, 0.1) is 4.92 Å². The largest absolute Gasteiger partial charge is 0.373 e. The molecule has 70 valence electrons. The van der Waals surface area contributed by atoms with Crippen molar-refractivity contribution in [1.82, 2.24) is 5.43 Å². The van der Waals surface area contributed by atoms with E-state index < -0.39 is 11.2 Å². The maximum absolute atomic E-state index is 10.3. The van der Waals surface area contributed by atoms with E-state index in [1.165, 1.54) is 24.3 Å². The molecule has 13 heavy (non-hydrogen) atoms. The Labute approximate surface area is 74.1 Å². The van der Waals surface area contributed by atoms with Crippen molar-refractivity contribution in [3.8, 4) is 0 Å². The third-order valence-corrected chi connectivity index (χ3v) is 1.55. The Morgan fingerprint density at radius 1 is 1.62 bits per heavy atom. The van der Waals surface area contributed by atoms with Crippen molar-refractivity contribution in [2.24, 2.45) is 5.84 Å². The van der Waals surface area contributed by atoms with Gasteiger partial charge in [-0.2, -0.15) is 0 Å². The Morgan fingerprint density at radius 3 is 2.85 bits per heavy atom. The third kappa shape index (κ3) is 2.22. The average Bonchev–Trinajstić information content (AvgIpc) is 2.17. The zero-order chi connectivity index (χ0) is 9.84. The van der Waals surface area contributed by atoms with E-state index in [4.69, 9.17) is 5.84 Å². The van der Waals surface area contributed by atoms with Crippen LogP contribution in [-0.4, -0.2) is 10.0 Å². The number of benzene rings is 1. The number of nitrogens with two attached hydrogens (primary N) is 1. The molecule has 0 bridgehead atoms. The van der Waals surface area contributed by atoms with Crippen LogP contribution in [0.15, 0.2) is 24.3 Å². The topological polar surface area (TPSA) is 101 Å². The first-order valence-electron chi connectivity index (χ1n) is 3.53. The first-order valence-corrected chi connectivity index (χ1v) is 3.53. The highest BCUT2D eigenvalue weighted by Crippen LogP contribution is 2.16. The number of nitro groups is 1. The molecule has 1 aromatic rings. The number of hydrogen-bond acceptors (Lipinski definition) is 5. The molecule has 0 aromatic heterocycles. The smallest absolute Gasteiger partial charge is 0.269 e. The molecule has 1 unspecified atom stereocenters. The summed E-state index contributed by atoms with van der Waals surface area (Å²) < 4.78 is 0. The first-order chi connectivity index (χ1) is 6.15. The van der Waals surface area contributed by atoms with Gasteiger partial charge in [-0.15, -0.1) is 0 Å². The van der Waals surface area contributed by atoms with Gasteiger partial charge >= 0.3 is 0 Å². The Balaban J connectivity index is 2.98. The molecule has 4 N–H and O–H groups in total. The summed E-state index contributed by atoms with van der Waals surface area (Å²) in [4.78, 5) is 9.80. The highest BCUT2D eigenvalue weighted by molar-refractivity contribution is 5.34. The molecule has 0 amide bonds. The number of nitrogens with zero attached hydrogens (tertiary/aromatic N) is 1. The van der Waals surface area contributed by atoms with Crippen molar-refractivity contribution in [2.75, 3.05) is 0 Å². The second-order valence-electron chi connectivity index (χ2n) is 2.42. The minimum Gasteiger partial charge on any atom is -0.373 e. The van der Waals surface area contributed by atoms with Crippen LogP contribution in [0.3, 0.4) is 0 Å². The summed E-state index contributed by atoms with van der Waals surface area (Å²) in [5, 5.41) is 19.5. The zero-order valence-electron chi connectivity index (χ0n) is 6.68. The van der Waals surface area contributed by atoms with Crippen LogP contribution < -0.4 is 11.3 Å². The summed E-state index contributed by atoms with van der Waals surface area (Å²) >= 11 is 0. The van der Waals surface area contributed by atoms with E-state index in [9.17, 15) is 15.2 Å². The number of nitro benzene ring substituents is 1. The Kier molecular flexibility index (Phi) is 2.91. The maximum Gasteiger partial charge on any atom is 0.269 e. The highest BCUT2D eigenvalue weighted by atomic mass is 16.6. The highest BCUT2D eigenvalue weighted by Gasteiger charge is 2.09. The maximum atomic E-state index is 10.3. The van der Waals surface area contributed by atoms with Crippen molar-refractivity contribution >= 4 is 5.69 Å². The Hall–Kier alpha value is -1.50. The van der Waals surface area contributed by atoms with Crippen LogP contribution in [0.1, 0.15) is 11.8 Å². The molecule has 0 fully saturated rings. The second kappa shape index (κ2) is 3.94. The van der Waals surface area contributed by atoms with Gasteiger partial charge < -0.3 is 5.11 Å². The van der Waals surface area contributed by atoms with Crippen LogP contribution >= 0.6 is 0 Å². The van der Waals surface area contributed by atoms with E-state index in [1.807, 2.05) is 0 Å². The summed E-state index contributed by atoms with van der Waals surface area (Å²) in [6.45, 7) is 0. The molecule has 6 nitrogen and oxygen atoms in total. The quantitative estimate of drug-likeness (QED) is 0.266. The average molecular weight is 183 g/mol. The molecular weight excluding hydrogens is 174 g/mol. The SMILES string of the molecule is NNC(O)c1cccc([N+](=O)[O-])c1. The van der Waals surface area contributed by atoms with Crippen molar-refractivity contribution in [3.05, 3.63) is 39.9 Å². The van der Waals surface area contributed by atoms with Crippen LogP contribution in [0.5, 0.6) is 0 Å². The Bertz CT molecular complexity index is 316. The van der Waals surface area contributed by atoms with Gasteiger partial charge in [0.2, 0.25) is 0 Å². The summed E-state index contributed by atoms with van der Waals surface area (Å²) in [5.74, 6) is 4.96. The summed E-state index contributed by atoms with van der Waals surface area (Å²) in [5.41, 5.74) is 2.36. The van der Waals surface area contributed by atoms with Gasteiger partial charge in [-0.05, 0) is 0 Å². The molecule has 6 heteroatoms. The summed E-state index contributed by atoms with van der Waals surface area (Å²) in [6.07, 6.45) is -1.08. The van der Waals surface area contributed by atoms with Crippen LogP contribution in [0.2, 0.25) is 0 Å². The normalized spacial score (nSPS) is 12.5. The van der Waals surface area contributed by atoms with Crippen molar-refractivity contribution in [1.29, 1.82) is 0 Å². The predicted octanol–water partition coefficient (Wildman–Crippen LogP) is 0.0490. The standard InChI is InChI=1S/C7H9N3O3/c8-9-7(11)5-2-1-3-6(4-5)10(12)13/h1-4,7,9,11H,8H2. The molecule has 0 radical (unpaired) electrons. The summed E-state index contributed by atoms with van der Waals surface area (Å²) in [7, 11) is 0. The lowest BCUT2D eigenvalue weighted by Gasteiger charge is -2.07. The Morgan fingerprint density at radius 2 is 2.31 bits per heavy atom. The van der Waals surface area contributed by atoms with Crippen LogP contribution in [-0.2, 0) is 0 Å². The lowest BCUT2D eigenvalue weighted by molar-refractivity contribution is -0.385. The zero-order valence-corrected chi connectivity index (χ0v) is 6.68. The number of aliphatic hydroxyl groups excluding tert-OH is 1. The summed E-state index contributed by atoms with van der Waals surface area (Å²) in [6, 6.07) is 5.61. The number of hydrogen-bond donors (Lipinski definition) is 3. The molecule has 1 atom stereocenters. The van der Waals surface area contributed by atoms with Gasteiger partial charge in [0.1, 0.15) is 6.23 Å². The fraction of sp³-hybridized carbons (Fsp3) is 0.143. The van der Waals surface area contributed by atoms with E-state index in [0.29, 0.717) is 5.56 Å². The molecule has 0 heterocycles. The van der Waals surface area contributed by atoms with Crippen LogP contribution in [0.4, 0.5) is 5.69 Å². The number of aliphatic hydroxyl groups is 1. The minimum absolute atomic E-state index is 0.0770. The fourth-order valence-corrected chi connectivity index (χ4v) is 0.905. The van der Waals surface area contributed by atoms with Gasteiger partial charge in [0.15, 0.2) is 0 Å². The molecular formula is C7H9N3O3. The fourth-order valence-electron chi connectivity index (χ4n) is 0.905. The molecule has 0 saturated carbocycles. The molecule has 0 spiro atoms. The molecule has 1 aromatic carbocycles. The molecule has 0 saturated heterocycles. The van der Waals surface area contributed by atoms with Gasteiger partial charge in [-0.3, -0.25) is 16.0 Å². The van der Waals surface area contributed by atoms with E-state index in [2.05, 4.69) is 5.43 Å². The minimum atomic E-state index is -1.08. The number of hydrazine groups is 1. The van der Waals surface area contributed by atoms with Crippen LogP contribution in [0.25, 0.3) is 0 Å². The van der Waals surface area contributed by atoms with Crippen LogP contribution in [0, 0.1) is 10.1 Å². The number of rotatable bonds is 3. The van der Waals surface area contributed by atoms with Crippen molar-refractivity contribution in [2.45, 2.75) is 6.23 Å². The monoisotopic (exact) mass is 183 g/mol. The first kappa shape index (κ1) is 9.59. The molecule has 0 aliphatic heterocycles. The lowest BCUT2D eigenvalue weighted by atomic mass is 10.2. The van der Waals surface area contributed by atoms with Gasteiger partial charge in [-0.1, -0.05) is 12.1 Å². The lowest BCUT2D eigenvalue weighted by Crippen LogP contribution is -2.27. The van der Waals surface area contributed by atoms with Gasteiger partial charge in [-0.25, -0.2) is 5.43 Å². The number of nitrogens with one attached hydrogen (secondary N) is 1.